The van der Waals surface area contributed by atoms with Crippen LogP contribution >= 0.6 is 11.3 Å². The van der Waals surface area contributed by atoms with Gasteiger partial charge in [-0.2, -0.15) is 0 Å². The van der Waals surface area contributed by atoms with E-state index in [2.05, 4.69) is 15.6 Å². The van der Waals surface area contributed by atoms with Crippen LogP contribution in [-0.4, -0.2) is 64.7 Å². The lowest BCUT2D eigenvalue weighted by atomic mass is 9.85. The van der Waals surface area contributed by atoms with Gasteiger partial charge in [0.2, 0.25) is 11.8 Å². The largest absolute Gasteiger partial charge is 0.465 e. The number of carbonyl (C=O) groups excluding carboxylic acids is 2. The lowest BCUT2D eigenvalue weighted by Gasteiger charge is -2.34. The van der Waals surface area contributed by atoms with Gasteiger partial charge < -0.3 is 25.4 Å². The number of likely N-dealkylation sites (tertiary alicyclic amines) is 1. The Morgan fingerprint density at radius 1 is 1.20 bits per heavy atom. The third-order valence-corrected chi connectivity index (χ3v) is 7.32. The average Bonchev–Trinajstić information content (AvgIpc) is 3.42. The summed E-state index contributed by atoms with van der Waals surface area (Å²) in [5, 5.41) is 14.6. The molecule has 1 fully saturated rings. The standard InChI is InChI=1S/C25H34N4O5S/c1-14(16-7-9-17(10-8-16)20-15(2)26-13-35-20)27-22(30)19-11-18(34-6)12-29(19)23(31)21(25(3,4)5)28-24(32)33/h7-10,13-14,18-19,21,28H,11-12H2,1-6H3,(H,27,30)(H,32,33)/t14?,18-,19+,21?/m1/s1. The maximum atomic E-state index is 13.4. The first-order chi connectivity index (χ1) is 16.4. The van der Waals surface area contributed by atoms with Gasteiger partial charge in [0.1, 0.15) is 12.1 Å². The molecule has 4 atom stereocenters. The Balaban J connectivity index is 1.75. The molecule has 0 spiro atoms. The van der Waals surface area contributed by atoms with Crippen LogP contribution in [0, 0.1) is 12.3 Å². The first kappa shape index (κ1) is 26.6. The van der Waals surface area contributed by atoms with Crippen molar-refractivity contribution >= 4 is 29.2 Å². The molecule has 0 radical (unpaired) electrons. The molecule has 1 aromatic carbocycles. The van der Waals surface area contributed by atoms with Crippen LogP contribution in [0.2, 0.25) is 0 Å². The molecule has 0 saturated carbocycles. The van der Waals surface area contributed by atoms with Gasteiger partial charge in [-0.25, -0.2) is 9.78 Å². The molecule has 1 saturated heterocycles. The number of hydrogen-bond donors (Lipinski definition) is 3. The Morgan fingerprint density at radius 3 is 2.37 bits per heavy atom. The highest BCUT2D eigenvalue weighted by molar-refractivity contribution is 7.13. The molecule has 190 valence electrons. The number of aryl methyl sites for hydroxylation is 1. The number of thiazole rings is 1. The summed E-state index contributed by atoms with van der Waals surface area (Å²) in [7, 11) is 1.54. The molecule has 3 rings (SSSR count). The second-order valence-electron chi connectivity index (χ2n) is 9.97. The van der Waals surface area contributed by atoms with Crippen LogP contribution in [0.1, 0.15) is 51.4 Å². The monoisotopic (exact) mass is 502 g/mol. The maximum absolute atomic E-state index is 13.4. The smallest absolute Gasteiger partial charge is 0.405 e. The number of amides is 3. The molecular formula is C25H34N4O5S. The number of ether oxygens (including phenoxy) is 1. The van der Waals surface area contributed by atoms with Gasteiger partial charge in [0.15, 0.2) is 0 Å². The van der Waals surface area contributed by atoms with Crippen LogP contribution in [0.5, 0.6) is 0 Å². The number of nitrogens with zero attached hydrogens (tertiary/aromatic N) is 2. The van der Waals surface area contributed by atoms with Crippen molar-refractivity contribution in [3.63, 3.8) is 0 Å². The Kier molecular flexibility index (Phi) is 8.17. The van der Waals surface area contributed by atoms with E-state index in [0.29, 0.717) is 6.42 Å². The minimum Gasteiger partial charge on any atom is -0.465 e. The van der Waals surface area contributed by atoms with Crippen LogP contribution < -0.4 is 10.6 Å². The van der Waals surface area contributed by atoms with Gasteiger partial charge in [0.05, 0.1) is 28.2 Å². The fraction of sp³-hybridized carbons (Fsp3) is 0.520. The van der Waals surface area contributed by atoms with E-state index in [1.54, 1.807) is 39.2 Å². The van der Waals surface area contributed by atoms with Crippen molar-refractivity contribution in [2.24, 2.45) is 5.41 Å². The molecule has 9 nitrogen and oxygen atoms in total. The number of aromatic nitrogens is 1. The third kappa shape index (κ3) is 6.18. The molecule has 1 aliphatic heterocycles. The summed E-state index contributed by atoms with van der Waals surface area (Å²) in [6, 6.07) is 5.93. The van der Waals surface area contributed by atoms with Gasteiger partial charge in [-0.3, -0.25) is 9.59 Å². The molecule has 2 unspecified atom stereocenters. The van der Waals surface area contributed by atoms with Gasteiger partial charge in [0, 0.05) is 20.1 Å². The minimum absolute atomic E-state index is 0.221. The lowest BCUT2D eigenvalue weighted by Crippen LogP contribution is -2.57. The van der Waals surface area contributed by atoms with Crippen molar-refractivity contribution in [1.82, 2.24) is 20.5 Å². The van der Waals surface area contributed by atoms with Gasteiger partial charge in [-0.15, -0.1) is 11.3 Å². The number of carbonyl (C=O) groups is 3. The fourth-order valence-electron chi connectivity index (χ4n) is 4.29. The summed E-state index contributed by atoms with van der Waals surface area (Å²) in [6.45, 7) is 9.43. The number of rotatable bonds is 7. The Morgan fingerprint density at radius 2 is 1.86 bits per heavy atom. The number of carboxylic acid groups (broad SMARTS) is 1. The van der Waals surface area contributed by atoms with Crippen LogP contribution in [0.25, 0.3) is 10.4 Å². The van der Waals surface area contributed by atoms with E-state index < -0.39 is 29.5 Å². The highest BCUT2D eigenvalue weighted by atomic mass is 32.1. The van der Waals surface area contributed by atoms with Gasteiger partial charge in [-0.1, -0.05) is 45.0 Å². The summed E-state index contributed by atoms with van der Waals surface area (Å²) in [4.78, 5) is 44.9. The first-order valence-electron chi connectivity index (χ1n) is 11.6. The van der Waals surface area contributed by atoms with Crippen LogP contribution in [-0.2, 0) is 14.3 Å². The molecule has 2 heterocycles. The Bertz CT molecular complexity index is 1060. The van der Waals surface area contributed by atoms with E-state index >= 15 is 0 Å². The molecule has 0 aliphatic carbocycles. The molecule has 10 heteroatoms. The number of methoxy groups -OCH3 is 1. The predicted octanol–water partition coefficient (Wildman–Crippen LogP) is 3.59. The number of hydrogen-bond acceptors (Lipinski definition) is 6. The quantitative estimate of drug-likeness (QED) is 0.532. The number of nitrogens with one attached hydrogen (secondary N) is 2. The van der Waals surface area contributed by atoms with Gasteiger partial charge in [-0.05, 0) is 30.4 Å². The Hall–Kier alpha value is -2.98. The third-order valence-electron chi connectivity index (χ3n) is 6.34. The normalized spacial score (nSPS) is 19.8. The van der Waals surface area contributed by atoms with Crippen molar-refractivity contribution < 1.29 is 24.2 Å². The summed E-state index contributed by atoms with van der Waals surface area (Å²) >= 11 is 1.58. The molecule has 3 amide bonds. The van der Waals surface area contributed by atoms with E-state index in [1.165, 1.54) is 4.90 Å². The predicted molar refractivity (Wildman–Crippen MR) is 134 cm³/mol. The summed E-state index contributed by atoms with van der Waals surface area (Å²) in [5.74, 6) is -0.729. The maximum Gasteiger partial charge on any atom is 0.405 e. The lowest BCUT2D eigenvalue weighted by molar-refractivity contribution is -0.142. The van der Waals surface area contributed by atoms with Crippen LogP contribution in [0.3, 0.4) is 0 Å². The highest BCUT2D eigenvalue weighted by Crippen LogP contribution is 2.29. The zero-order valence-corrected chi connectivity index (χ0v) is 21.8. The molecule has 3 N–H and O–H groups in total. The second-order valence-corrected chi connectivity index (χ2v) is 10.8. The second kappa shape index (κ2) is 10.7. The van der Waals surface area contributed by atoms with Crippen molar-refractivity contribution in [1.29, 1.82) is 0 Å². The first-order valence-corrected chi connectivity index (χ1v) is 12.4. The van der Waals surface area contributed by atoms with Crippen molar-refractivity contribution in [3.05, 3.63) is 41.0 Å². The zero-order chi connectivity index (χ0) is 25.9. The molecule has 35 heavy (non-hydrogen) atoms. The summed E-state index contributed by atoms with van der Waals surface area (Å²) in [5.41, 5.74) is 4.13. The fourth-order valence-corrected chi connectivity index (χ4v) is 5.10. The summed E-state index contributed by atoms with van der Waals surface area (Å²) < 4.78 is 5.45. The van der Waals surface area contributed by atoms with E-state index in [1.807, 2.05) is 43.6 Å². The van der Waals surface area contributed by atoms with E-state index in [-0.39, 0.29) is 24.6 Å². The minimum atomic E-state index is -1.28. The van der Waals surface area contributed by atoms with E-state index in [4.69, 9.17) is 4.74 Å². The van der Waals surface area contributed by atoms with Crippen molar-refractivity contribution in [2.75, 3.05) is 13.7 Å². The van der Waals surface area contributed by atoms with Gasteiger partial charge in [0.25, 0.3) is 0 Å². The molecule has 2 aromatic rings. The highest BCUT2D eigenvalue weighted by Gasteiger charge is 2.45. The van der Waals surface area contributed by atoms with E-state index in [9.17, 15) is 19.5 Å². The van der Waals surface area contributed by atoms with Crippen LogP contribution in [0.4, 0.5) is 4.79 Å². The van der Waals surface area contributed by atoms with Crippen molar-refractivity contribution in [3.8, 4) is 10.4 Å². The molecule has 0 bridgehead atoms. The average molecular weight is 503 g/mol. The number of benzene rings is 1. The molecule has 1 aromatic heterocycles. The van der Waals surface area contributed by atoms with E-state index in [0.717, 1.165) is 21.7 Å². The van der Waals surface area contributed by atoms with Crippen LogP contribution in [0.15, 0.2) is 29.8 Å². The molecular weight excluding hydrogens is 468 g/mol. The zero-order valence-electron chi connectivity index (χ0n) is 21.0. The van der Waals surface area contributed by atoms with Crippen molar-refractivity contribution in [2.45, 2.75) is 65.3 Å². The Labute approximate surface area is 209 Å². The molecule has 1 aliphatic rings. The topological polar surface area (TPSA) is 121 Å². The van der Waals surface area contributed by atoms with Gasteiger partial charge >= 0.3 is 6.09 Å². The summed E-state index contributed by atoms with van der Waals surface area (Å²) in [6.07, 6.45) is -1.25. The SMILES string of the molecule is CO[C@@H]1C[C@@H](C(=O)NC(C)c2ccc(-c3scnc3C)cc2)N(C(=O)C(NC(=O)O)C(C)(C)C)C1.